The van der Waals surface area contributed by atoms with Crippen molar-refractivity contribution in [3.63, 3.8) is 0 Å². The van der Waals surface area contributed by atoms with Gasteiger partial charge in [-0.3, -0.25) is 0 Å². The van der Waals surface area contributed by atoms with Crippen LogP contribution in [-0.4, -0.2) is 31.0 Å². The maximum atomic E-state index is 9.69. The minimum Gasteiger partial charge on any atom is -0.505 e. The maximum absolute atomic E-state index is 9.69. The minimum atomic E-state index is -0.472. The maximum Gasteiger partial charge on any atom is 0.111 e. The van der Waals surface area contributed by atoms with Crippen LogP contribution in [0, 0.1) is 0 Å². The third kappa shape index (κ3) is 6.16. The molecule has 128 valence electrons. The summed E-state index contributed by atoms with van der Waals surface area (Å²) in [5, 5.41) is 9.69. The van der Waals surface area contributed by atoms with Gasteiger partial charge in [0.15, 0.2) is 0 Å². The predicted octanol–water partition coefficient (Wildman–Crippen LogP) is 3.31. The van der Waals surface area contributed by atoms with Gasteiger partial charge in [0.1, 0.15) is 12.2 Å². The molecular formula is C20H24O4. The Morgan fingerprint density at radius 3 is 1.92 bits per heavy atom. The first-order valence-corrected chi connectivity index (χ1v) is 7.95. The van der Waals surface area contributed by atoms with Gasteiger partial charge < -0.3 is 19.3 Å². The fourth-order valence-corrected chi connectivity index (χ4v) is 2.24. The molecule has 0 aliphatic rings. The van der Waals surface area contributed by atoms with Gasteiger partial charge in [-0.25, -0.2) is 0 Å². The molecule has 1 N–H and O–H groups in total. The lowest BCUT2D eigenvalue weighted by Crippen LogP contribution is -2.33. The van der Waals surface area contributed by atoms with Gasteiger partial charge in [0.25, 0.3) is 0 Å². The number of methoxy groups -OCH3 is 1. The van der Waals surface area contributed by atoms with Crippen molar-refractivity contribution in [1.82, 2.24) is 0 Å². The quantitative estimate of drug-likeness (QED) is 0.680. The summed E-state index contributed by atoms with van der Waals surface area (Å²) in [5.41, 5.74) is 2.11. The average molecular weight is 328 g/mol. The molecule has 0 radical (unpaired) electrons. The van der Waals surface area contributed by atoms with Crippen LogP contribution >= 0.6 is 0 Å². The molecular weight excluding hydrogens is 304 g/mol. The van der Waals surface area contributed by atoms with E-state index in [-0.39, 0.29) is 6.61 Å². The Kier molecular flexibility index (Phi) is 8.04. The summed E-state index contributed by atoms with van der Waals surface area (Å²) in [6.07, 6.45) is 2.43. The summed E-state index contributed by atoms with van der Waals surface area (Å²) in [6, 6.07) is 19.7. The molecule has 2 aromatic carbocycles. The molecule has 0 spiro atoms. The number of benzene rings is 2. The van der Waals surface area contributed by atoms with Crippen molar-refractivity contribution in [2.45, 2.75) is 25.4 Å². The van der Waals surface area contributed by atoms with Crippen LogP contribution in [-0.2, 0) is 27.4 Å². The SMILES string of the molecule is CO/C=C/[C@H](OCc1ccccc1)[C@@H](CO)OCc1ccccc1. The highest BCUT2D eigenvalue weighted by molar-refractivity contribution is 5.14. The number of hydrogen-bond acceptors (Lipinski definition) is 4. The molecule has 2 rings (SSSR count). The summed E-state index contributed by atoms with van der Waals surface area (Å²) >= 11 is 0. The summed E-state index contributed by atoms with van der Waals surface area (Å²) in [6.45, 7) is 0.711. The Labute approximate surface area is 143 Å². The van der Waals surface area contributed by atoms with Gasteiger partial charge in [-0.1, -0.05) is 60.7 Å². The monoisotopic (exact) mass is 328 g/mol. The predicted molar refractivity (Wildman–Crippen MR) is 93.3 cm³/mol. The summed E-state index contributed by atoms with van der Waals surface area (Å²) in [4.78, 5) is 0. The molecule has 0 heterocycles. The molecule has 2 atom stereocenters. The number of aliphatic hydroxyl groups is 1. The molecule has 0 aliphatic heterocycles. The van der Waals surface area contributed by atoms with Crippen LogP contribution in [0.2, 0.25) is 0 Å². The van der Waals surface area contributed by atoms with Crippen LogP contribution in [0.1, 0.15) is 11.1 Å². The van der Waals surface area contributed by atoms with Crippen molar-refractivity contribution in [2.75, 3.05) is 13.7 Å². The first-order chi connectivity index (χ1) is 11.8. The molecule has 0 amide bonds. The van der Waals surface area contributed by atoms with Crippen molar-refractivity contribution in [3.8, 4) is 0 Å². The van der Waals surface area contributed by atoms with E-state index in [0.717, 1.165) is 11.1 Å². The molecule has 0 unspecified atom stereocenters. The third-order valence-electron chi connectivity index (χ3n) is 3.54. The Morgan fingerprint density at radius 1 is 0.875 bits per heavy atom. The van der Waals surface area contributed by atoms with E-state index in [4.69, 9.17) is 14.2 Å². The zero-order valence-electron chi connectivity index (χ0n) is 13.9. The summed E-state index contributed by atoms with van der Waals surface area (Å²) < 4.78 is 16.7. The van der Waals surface area contributed by atoms with E-state index in [2.05, 4.69) is 0 Å². The van der Waals surface area contributed by atoms with E-state index in [1.54, 1.807) is 19.4 Å². The van der Waals surface area contributed by atoms with Crippen molar-refractivity contribution >= 4 is 0 Å². The fourth-order valence-electron chi connectivity index (χ4n) is 2.24. The van der Waals surface area contributed by atoms with E-state index in [1.807, 2.05) is 60.7 Å². The largest absolute Gasteiger partial charge is 0.505 e. The van der Waals surface area contributed by atoms with Gasteiger partial charge in [0.2, 0.25) is 0 Å². The lowest BCUT2D eigenvalue weighted by Gasteiger charge is -2.24. The molecule has 0 fully saturated rings. The summed E-state index contributed by atoms with van der Waals surface area (Å²) in [5.74, 6) is 0. The van der Waals surface area contributed by atoms with Crippen LogP contribution in [0.15, 0.2) is 73.0 Å². The Hall–Kier alpha value is -2.14. The van der Waals surface area contributed by atoms with Crippen molar-refractivity contribution in [1.29, 1.82) is 0 Å². The van der Waals surface area contributed by atoms with Gasteiger partial charge in [-0.15, -0.1) is 0 Å². The number of aliphatic hydroxyl groups excluding tert-OH is 1. The molecule has 0 saturated heterocycles. The van der Waals surface area contributed by atoms with Gasteiger partial charge in [-0.2, -0.15) is 0 Å². The second kappa shape index (κ2) is 10.6. The van der Waals surface area contributed by atoms with Crippen LogP contribution in [0.25, 0.3) is 0 Å². The van der Waals surface area contributed by atoms with Gasteiger partial charge in [0, 0.05) is 0 Å². The van der Waals surface area contributed by atoms with Crippen molar-refractivity contribution < 1.29 is 19.3 Å². The molecule has 24 heavy (non-hydrogen) atoms. The lowest BCUT2D eigenvalue weighted by atomic mass is 10.2. The Morgan fingerprint density at radius 2 is 1.42 bits per heavy atom. The van der Waals surface area contributed by atoms with E-state index >= 15 is 0 Å². The number of ether oxygens (including phenoxy) is 3. The molecule has 0 saturated carbocycles. The standard InChI is InChI=1S/C20H24O4/c1-22-13-12-19(23-15-17-8-4-2-5-9-17)20(14-21)24-16-18-10-6-3-7-11-18/h2-13,19-21H,14-16H2,1H3/b13-12+/t19-,20+/m0/s1. The van der Waals surface area contributed by atoms with E-state index < -0.39 is 12.2 Å². The van der Waals surface area contributed by atoms with E-state index in [1.165, 1.54) is 0 Å². The number of rotatable bonds is 10. The molecule has 0 bridgehead atoms. The van der Waals surface area contributed by atoms with Crippen LogP contribution in [0.3, 0.4) is 0 Å². The zero-order valence-corrected chi connectivity index (χ0v) is 13.9. The van der Waals surface area contributed by atoms with E-state index in [0.29, 0.717) is 13.2 Å². The van der Waals surface area contributed by atoms with Crippen LogP contribution in [0.4, 0.5) is 0 Å². The van der Waals surface area contributed by atoms with Gasteiger partial charge in [0.05, 0.1) is 33.2 Å². The van der Waals surface area contributed by atoms with Gasteiger partial charge >= 0.3 is 0 Å². The second-order valence-electron chi connectivity index (χ2n) is 5.34. The topological polar surface area (TPSA) is 47.9 Å². The smallest absolute Gasteiger partial charge is 0.111 e. The first-order valence-electron chi connectivity index (χ1n) is 7.95. The first kappa shape index (κ1) is 18.2. The Bertz CT molecular complexity index is 583. The Balaban J connectivity index is 1.96. The van der Waals surface area contributed by atoms with Crippen molar-refractivity contribution in [2.24, 2.45) is 0 Å². The second-order valence-corrected chi connectivity index (χ2v) is 5.34. The third-order valence-corrected chi connectivity index (χ3v) is 3.54. The van der Waals surface area contributed by atoms with Gasteiger partial charge in [-0.05, 0) is 17.2 Å². The molecule has 4 nitrogen and oxygen atoms in total. The lowest BCUT2D eigenvalue weighted by molar-refractivity contribution is -0.0852. The minimum absolute atomic E-state index is 0.139. The highest BCUT2D eigenvalue weighted by atomic mass is 16.5. The van der Waals surface area contributed by atoms with Crippen LogP contribution in [0.5, 0.6) is 0 Å². The fraction of sp³-hybridized carbons (Fsp3) is 0.300. The number of hydrogen-bond donors (Lipinski definition) is 1. The average Bonchev–Trinajstić information content (AvgIpc) is 2.65. The van der Waals surface area contributed by atoms with Crippen molar-refractivity contribution in [3.05, 3.63) is 84.1 Å². The summed E-state index contributed by atoms with van der Waals surface area (Å²) in [7, 11) is 1.57. The van der Waals surface area contributed by atoms with Crippen LogP contribution < -0.4 is 0 Å². The zero-order chi connectivity index (χ0) is 17.0. The molecule has 2 aromatic rings. The molecule has 4 heteroatoms. The molecule has 0 aliphatic carbocycles. The molecule has 0 aromatic heterocycles. The highest BCUT2D eigenvalue weighted by Crippen LogP contribution is 2.13. The van der Waals surface area contributed by atoms with E-state index in [9.17, 15) is 5.11 Å². The highest BCUT2D eigenvalue weighted by Gasteiger charge is 2.20. The normalized spacial score (nSPS) is 13.8.